The molecule has 0 saturated carbocycles. The number of nitrogens with zero attached hydrogens (tertiary/aromatic N) is 3. The summed E-state index contributed by atoms with van der Waals surface area (Å²) in [5, 5.41) is 9.65. The molecule has 0 spiro atoms. The minimum Gasteiger partial charge on any atom is -0.506 e. The lowest BCUT2D eigenvalue weighted by Gasteiger charge is -2.04. The van der Waals surface area contributed by atoms with Crippen LogP contribution in [0.15, 0.2) is 36.5 Å². The van der Waals surface area contributed by atoms with Crippen LogP contribution in [0.3, 0.4) is 0 Å². The molecular formula is C13H12N4O. The van der Waals surface area contributed by atoms with E-state index in [9.17, 15) is 5.11 Å². The third kappa shape index (κ3) is 1.48. The van der Waals surface area contributed by atoms with Crippen LogP contribution in [0.1, 0.15) is 0 Å². The fourth-order valence-electron chi connectivity index (χ4n) is 1.97. The third-order valence-electron chi connectivity index (χ3n) is 2.95. The van der Waals surface area contributed by atoms with Gasteiger partial charge in [-0.3, -0.25) is 0 Å². The SMILES string of the molecule is Cn1c(-c2ccc(N)c(O)c2)nc2ncccc21. The van der Waals surface area contributed by atoms with Crippen molar-refractivity contribution < 1.29 is 5.11 Å². The molecule has 0 atom stereocenters. The van der Waals surface area contributed by atoms with Gasteiger partial charge in [-0.05, 0) is 30.3 Å². The molecule has 5 heteroatoms. The number of aromatic hydroxyl groups is 1. The van der Waals surface area contributed by atoms with E-state index in [1.165, 1.54) is 0 Å². The molecule has 0 bridgehead atoms. The summed E-state index contributed by atoms with van der Waals surface area (Å²) in [5.74, 6) is 0.812. The van der Waals surface area contributed by atoms with Crippen molar-refractivity contribution in [2.24, 2.45) is 7.05 Å². The van der Waals surface area contributed by atoms with Crippen molar-refractivity contribution in [3.05, 3.63) is 36.5 Å². The van der Waals surface area contributed by atoms with Gasteiger partial charge < -0.3 is 15.4 Å². The maximum absolute atomic E-state index is 9.65. The summed E-state index contributed by atoms with van der Waals surface area (Å²) in [5.41, 5.74) is 8.39. The summed E-state index contributed by atoms with van der Waals surface area (Å²) in [7, 11) is 1.92. The van der Waals surface area contributed by atoms with Crippen LogP contribution in [0, 0.1) is 0 Å². The Morgan fingerprint density at radius 1 is 1.28 bits per heavy atom. The summed E-state index contributed by atoms with van der Waals surface area (Å²) in [6.45, 7) is 0. The lowest BCUT2D eigenvalue weighted by Crippen LogP contribution is -1.93. The lowest BCUT2D eigenvalue weighted by molar-refractivity contribution is 0.478. The highest BCUT2D eigenvalue weighted by Crippen LogP contribution is 2.28. The minimum atomic E-state index is 0.0625. The van der Waals surface area contributed by atoms with Crippen LogP contribution in [0.2, 0.25) is 0 Å². The molecule has 0 aliphatic heterocycles. The highest BCUT2D eigenvalue weighted by molar-refractivity contribution is 5.78. The molecule has 1 aromatic carbocycles. The molecule has 2 aromatic heterocycles. The van der Waals surface area contributed by atoms with Crippen LogP contribution >= 0.6 is 0 Å². The number of nitrogens with two attached hydrogens (primary N) is 1. The predicted octanol–water partition coefficient (Wildman–Crippen LogP) is 1.92. The van der Waals surface area contributed by atoms with Crippen molar-refractivity contribution in [2.75, 3.05) is 5.73 Å². The maximum Gasteiger partial charge on any atom is 0.178 e. The number of rotatable bonds is 1. The Morgan fingerprint density at radius 3 is 2.83 bits per heavy atom. The van der Waals surface area contributed by atoms with Gasteiger partial charge in [0, 0.05) is 18.8 Å². The molecule has 90 valence electrons. The normalized spacial score (nSPS) is 10.9. The molecule has 0 amide bonds. The second-order valence-electron chi connectivity index (χ2n) is 4.11. The van der Waals surface area contributed by atoms with E-state index in [0.717, 1.165) is 16.9 Å². The Hall–Kier alpha value is -2.56. The number of hydrogen-bond donors (Lipinski definition) is 2. The van der Waals surface area contributed by atoms with Crippen LogP contribution in [0.25, 0.3) is 22.6 Å². The standard InChI is InChI=1S/C13H12N4O/c1-17-10-3-2-6-15-12(10)16-13(17)8-4-5-9(14)11(18)7-8/h2-7,18H,14H2,1H3. The first-order chi connectivity index (χ1) is 8.66. The van der Waals surface area contributed by atoms with Gasteiger partial charge in [-0.2, -0.15) is 0 Å². The molecule has 2 heterocycles. The van der Waals surface area contributed by atoms with Crippen molar-refractivity contribution in [3.63, 3.8) is 0 Å². The van der Waals surface area contributed by atoms with Crippen molar-refractivity contribution in [3.8, 4) is 17.1 Å². The van der Waals surface area contributed by atoms with Crippen LogP contribution < -0.4 is 5.73 Å². The molecule has 3 N–H and O–H groups in total. The maximum atomic E-state index is 9.65. The fraction of sp³-hybridized carbons (Fsp3) is 0.0769. The number of aromatic nitrogens is 3. The number of benzene rings is 1. The summed E-state index contributed by atoms with van der Waals surface area (Å²) in [6, 6.07) is 8.93. The zero-order valence-electron chi connectivity index (χ0n) is 9.83. The average Bonchev–Trinajstić information content (AvgIpc) is 2.71. The monoisotopic (exact) mass is 240 g/mol. The van der Waals surface area contributed by atoms with Gasteiger partial charge in [-0.15, -0.1) is 0 Å². The first-order valence-electron chi connectivity index (χ1n) is 5.53. The smallest absolute Gasteiger partial charge is 0.178 e. The molecule has 3 aromatic rings. The zero-order valence-corrected chi connectivity index (χ0v) is 9.83. The number of hydrogen-bond acceptors (Lipinski definition) is 4. The van der Waals surface area contributed by atoms with Crippen LogP contribution in [-0.2, 0) is 7.05 Å². The molecular weight excluding hydrogens is 228 g/mol. The number of phenolic OH excluding ortho intramolecular Hbond substituents is 1. The fourth-order valence-corrected chi connectivity index (χ4v) is 1.97. The topological polar surface area (TPSA) is 77.0 Å². The van der Waals surface area contributed by atoms with Crippen molar-refractivity contribution >= 4 is 16.9 Å². The number of phenols is 1. The van der Waals surface area contributed by atoms with Gasteiger partial charge in [0.1, 0.15) is 11.6 Å². The first-order valence-corrected chi connectivity index (χ1v) is 5.53. The Bertz CT molecular complexity index is 733. The third-order valence-corrected chi connectivity index (χ3v) is 2.95. The van der Waals surface area contributed by atoms with Gasteiger partial charge >= 0.3 is 0 Å². The molecule has 0 radical (unpaired) electrons. The summed E-state index contributed by atoms with van der Waals surface area (Å²) >= 11 is 0. The molecule has 0 aliphatic rings. The first kappa shape index (κ1) is 10.6. The highest BCUT2D eigenvalue weighted by atomic mass is 16.3. The van der Waals surface area contributed by atoms with Gasteiger partial charge in [-0.25, -0.2) is 9.97 Å². The number of nitrogen functional groups attached to an aromatic ring is 1. The molecule has 0 unspecified atom stereocenters. The Morgan fingerprint density at radius 2 is 2.11 bits per heavy atom. The minimum absolute atomic E-state index is 0.0625. The number of anilines is 1. The van der Waals surface area contributed by atoms with Gasteiger partial charge in [-0.1, -0.05) is 0 Å². The quantitative estimate of drug-likeness (QED) is 0.503. The molecule has 0 aliphatic carbocycles. The van der Waals surface area contributed by atoms with E-state index in [4.69, 9.17) is 5.73 Å². The molecule has 0 saturated heterocycles. The van der Waals surface area contributed by atoms with Crippen molar-refractivity contribution in [1.29, 1.82) is 0 Å². The zero-order chi connectivity index (χ0) is 12.7. The molecule has 18 heavy (non-hydrogen) atoms. The number of pyridine rings is 1. The van der Waals surface area contributed by atoms with E-state index in [2.05, 4.69) is 9.97 Å². The highest BCUT2D eigenvalue weighted by Gasteiger charge is 2.11. The second-order valence-corrected chi connectivity index (χ2v) is 4.11. The summed E-state index contributed by atoms with van der Waals surface area (Å²) in [4.78, 5) is 8.66. The Balaban J connectivity index is 2.25. The van der Waals surface area contributed by atoms with Crippen LogP contribution in [-0.4, -0.2) is 19.6 Å². The van der Waals surface area contributed by atoms with E-state index in [0.29, 0.717) is 11.3 Å². The lowest BCUT2D eigenvalue weighted by atomic mass is 10.2. The van der Waals surface area contributed by atoms with E-state index < -0.39 is 0 Å². The van der Waals surface area contributed by atoms with E-state index in [-0.39, 0.29) is 5.75 Å². The van der Waals surface area contributed by atoms with E-state index >= 15 is 0 Å². The largest absolute Gasteiger partial charge is 0.506 e. The van der Waals surface area contributed by atoms with Gasteiger partial charge in [0.2, 0.25) is 0 Å². The van der Waals surface area contributed by atoms with Crippen LogP contribution in [0.4, 0.5) is 5.69 Å². The molecule has 3 rings (SSSR count). The summed E-state index contributed by atoms with van der Waals surface area (Å²) < 4.78 is 1.94. The molecule has 5 nitrogen and oxygen atoms in total. The number of imidazole rings is 1. The van der Waals surface area contributed by atoms with Gasteiger partial charge in [0.15, 0.2) is 5.65 Å². The number of aryl methyl sites for hydroxylation is 1. The Labute approximate surface area is 104 Å². The summed E-state index contributed by atoms with van der Waals surface area (Å²) in [6.07, 6.45) is 1.71. The van der Waals surface area contributed by atoms with Crippen molar-refractivity contribution in [1.82, 2.24) is 14.5 Å². The number of fused-ring (bicyclic) bond motifs is 1. The predicted molar refractivity (Wildman–Crippen MR) is 70.0 cm³/mol. The van der Waals surface area contributed by atoms with Crippen molar-refractivity contribution in [2.45, 2.75) is 0 Å². The van der Waals surface area contributed by atoms with Crippen LogP contribution in [0.5, 0.6) is 5.75 Å². The second kappa shape index (κ2) is 3.73. The van der Waals surface area contributed by atoms with E-state index in [1.54, 1.807) is 18.3 Å². The molecule has 0 fully saturated rings. The van der Waals surface area contributed by atoms with Gasteiger partial charge in [0.05, 0.1) is 11.2 Å². The Kier molecular flexibility index (Phi) is 2.19. The average molecular weight is 240 g/mol. The van der Waals surface area contributed by atoms with E-state index in [1.807, 2.05) is 29.8 Å². The van der Waals surface area contributed by atoms with Gasteiger partial charge in [0.25, 0.3) is 0 Å².